The smallest absolute Gasteiger partial charge is 0.123 e. The van der Waals surface area contributed by atoms with Crippen LogP contribution in [0.1, 0.15) is 33.9 Å². The van der Waals surface area contributed by atoms with Gasteiger partial charge in [0.1, 0.15) is 5.82 Å². The largest absolute Gasteiger partial charge is 0.313 e. The number of benzene rings is 2. The zero-order valence-corrected chi connectivity index (χ0v) is 12.6. The zero-order valence-electron chi connectivity index (χ0n) is 12.6. The summed E-state index contributed by atoms with van der Waals surface area (Å²) in [6.45, 7) is 6.27. The molecular formula is C18H22FN. The van der Waals surface area contributed by atoms with Crippen LogP contribution in [0.15, 0.2) is 36.4 Å². The number of likely N-dealkylation sites (N-methyl/N-ethyl adjacent to an activating group) is 1. The third-order valence-electron chi connectivity index (χ3n) is 3.98. The standard InChI is InChI=1S/C18H22FN/c1-12-5-7-15(9-14(12)3)10-18(20-4)17-11-16(19)8-6-13(17)2/h5-9,11,18,20H,10H2,1-4H3. The van der Waals surface area contributed by atoms with Crippen LogP contribution in [-0.2, 0) is 6.42 Å². The molecule has 1 atom stereocenters. The van der Waals surface area contributed by atoms with Gasteiger partial charge >= 0.3 is 0 Å². The van der Waals surface area contributed by atoms with Gasteiger partial charge in [0, 0.05) is 6.04 Å². The molecule has 0 saturated carbocycles. The molecule has 0 radical (unpaired) electrons. The topological polar surface area (TPSA) is 12.0 Å². The van der Waals surface area contributed by atoms with Gasteiger partial charge in [-0.15, -0.1) is 0 Å². The summed E-state index contributed by atoms with van der Waals surface area (Å²) in [5.41, 5.74) is 6.03. The van der Waals surface area contributed by atoms with Crippen LogP contribution in [0, 0.1) is 26.6 Å². The molecule has 0 bridgehead atoms. The lowest BCUT2D eigenvalue weighted by Crippen LogP contribution is -2.20. The second kappa shape index (κ2) is 6.19. The Morgan fingerprint density at radius 3 is 2.30 bits per heavy atom. The normalized spacial score (nSPS) is 12.4. The van der Waals surface area contributed by atoms with Crippen LogP contribution >= 0.6 is 0 Å². The average Bonchev–Trinajstić information content (AvgIpc) is 2.43. The van der Waals surface area contributed by atoms with E-state index in [0.29, 0.717) is 0 Å². The Kier molecular flexibility index (Phi) is 4.56. The summed E-state index contributed by atoms with van der Waals surface area (Å²) in [7, 11) is 1.93. The highest BCUT2D eigenvalue weighted by molar-refractivity contribution is 5.34. The molecule has 0 amide bonds. The molecule has 0 heterocycles. The second-order valence-corrected chi connectivity index (χ2v) is 5.46. The zero-order chi connectivity index (χ0) is 14.7. The van der Waals surface area contributed by atoms with E-state index in [4.69, 9.17) is 0 Å². The Bertz CT molecular complexity index is 604. The minimum absolute atomic E-state index is 0.132. The third-order valence-corrected chi connectivity index (χ3v) is 3.98. The molecule has 2 aromatic carbocycles. The van der Waals surface area contributed by atoms with E-state index in [1.165, 1.54) is 22.8 Å². The first kappa shape index (κ1) is 14.7. The predicted molar refractivity (Wildman–Crippen MR) is 82.6 cm³/mol. The summed E-state index contributed by atoms with van der Waals surface area (Å²) >= 11 is 0. The highest BCUT2D eigenvalue weighted by Crippen LogP contribution is 2.23. The van der Waals surface area contributed by atoms with E-state index in [1.807, 2.05) is 20.0 Å². The summed E-state index contributed by atoms with van der Waals surface area (Å²) in [5.74, 6) is -0.175. The molecule has 2 rings (SSSR count). The Morgan fingerprint density at radius 1 is 0.950 bits per heavy atom. The quantitative estimate of drug-likeness (QED) is 0.876. The Labute approximate surface area is 120 Å². The van der Waals surface area contributed by atoms with Gasteiger partial charge in [0.2, 0.25) is 0 Å². The molecule has 20 heavy (non-hydrogen) atoms. The number of halogens is 1. The number of nitrogens with one attached hydrogen (secondary N) is 1. The minimum Gasteiger partial charge on any atom is -0.313 e. The van der Waals surface area contributed by atoms with E-state index in [-0.39, 0.29) is 11.9 Å². The fourth-order valence-electron chi connectivity index (χ4n) is 2.52. The fourth-order valence-corrected chi connectivity index (χ4v) is 2.52. The molecule has 0 aromatic heterocycles. The lowest BCUT2D eigenvalue weighted by atomic mass is 9.94. The van der Waals surface area contributed by atoms with Gasteiger partial charge in [-0.25, -0.2) is 4.39 Å². The fraction of sp³-hybridized carbons (Fsp3) is 0.333. The van der Waals surface area contributed by atoms with Gasteiger partial charge in [-0.1, -0.05) is 24.3 Å². The number of hydrogen-bond acceptors (Lipinski definition) is 1. The molecule has 0 fully saturated rings. The van der Waals surface area contributed by atoms with E-state index >= 15 is 0 Å². The lowest BCUT2D eigenvalue weighted by Gasteiger charge is -2.19. The van der Waals surface area contributed by atoms with Gasteiger partial charge in [-0.05, 0) is 74.2 Å². The number of rotatable bonds is 4. The van der Waals surface area contributed by atoms with Gasteiger partial charge in [-0.2, -0.15) is 0 Å². The van der Waals surface area contributed by atoms with E-state index in [1.54, 1.807) is 6.07 Å². The molecule has 2 aromatic rings. The Balaban J connectivity index is 2.28. The van der Waals surface area contributed by atoms with Crippen molar-refractivity contribution in [3.05, 3.63) is 70.0 Å². The molecule has 0 aliphatic heterocycles. The summed E-state index contributed by atoms with van der Waals surface area (Å²) < 4.78 is 13.5. The molecule has 1 N–H and O–H groups in total. The van der Waals surface area contributed by atoms with E-state index < -0.39 is 0 Å². The van der Waals surface area contributed by atoms with Crippen LogP contribution in [0.3, 0.4) is 0 Å². The maximum Gasteiger partial charge on any atom is 0.123 e. The van der Waals surface area contributed by atoms with Crippen molar-refractivity contribution in [1.29, 1.82) is 0 Å². The van der Waals surface area contributed by atoms with Crippen molar-refractivity contribution in [2.24, 2.45) is 0 Å². The molecule has 106 valence electrons. The molecule has 2 heteroatoms. The van der Waals surface area contributed by atoms with Crippen molar-refractivity contribution in [3.63, 3.8) is 0 Å². The van der Waals surface area contributed by atoms with Crippen molar-refractivity contribution < 1.29 is 4.39 Å². The van der Waals surface area contributed by atoms with Gasteiger partial charge in [0.05, 0.1) is 0 Å². The van der Waals surface area contributed by atoms with Crippen LogP contribution in [0.2, 0.25) is 0 Å². The maximum absolute atomic E-state index is 13.5. The van der Waals surface area contributed by atoms with Crippen molar-refractivity contribution in [3.8, 4) is 0 Å². The molecule has 0 saturated heterocycles. The SMILES string of the molecule is CNC(Cc1ccc(C)c(C)c1)c1cc(F)ccc1C. The maximum atomic E-state index is 13.5. The second-order valence-electron chi connectivity index (χ2n) is 5.46. The number of hydrogen-bond donors (Lipinski definition) is 1. The molecule has 1 unspecified atom stereocenters. The highest BCUT2D eigenvalue weighted by Gasteiger charge is 2.13. The van der Waals surface area contributed by atoms with Crippen molar-refractivity contribution >= 4 is 0 Å². The third kappa shape index (κ3) is 3.26. The first-order chi connectivity index (χ1) is 9.51. The minimum atomic E-state index is -0.175. The molecule has 0 aliphatic carbocycles. The number of aryl methyl sites for hydroxylation is 3. The van der Waals surface area contributed by atoms with E-state index in [2.05, 4.69) is 37.4 Å². The van der Waals surface area contributed by atoms with Crippen molar-refractivity contribution in [2.45, 2.75) is 33.2 Å². The first-order valence-corrected chi connectivity index (χ1v) is 7.00. The van der Waals surface area contributed by atoms with E-state index in [0.717, 1.165) is 17.5 Å². The van der Waals surface area contributed by atoms with Gasteiger partial charge < -0.3 is 5.32 Å². The molecule has 0 spiro atoms. The van der Waals surface area contributed by atoms with Crippen LogP contribution in [0.25, 0.3) is 0 Å². The van der Waals surface area contributed by atoms with Crippen LogP contribution in [0.4, 0.5) is 4.39 Å². The van der Waals surface area contributed by atoms with Crippen LogP contribution in [0.5, 0.6) is 0 Å². The molecular weight excluding hydrogens is 249 g/mol. The summed E-state index contributed by atoms with van der Waals surface area (Å²) in [6.07, 6.45) is 0.863. The summed E-state index contributed by atoms with van der Waals surface area (Å²) in [6, 6.07) is 11.6. The average molecular weight is 271 g/mol. The first-order valence-electron chi connectivity index (χ1n) is 7.00. The van der Waals surface area contributed by atoms with Gasteiger partial charge in [0.15, 0.2) is 0 Å². The molecule has 0 aliphatic rings. The monoisotopic (exact) mass is 271 g/mol. The van der Waals surface area contributed by atoms with Crippen molar-refractivity contribution in [1.82, 2.24) is 5.32 Å². The lowest BCUT2D eigenvalue weighted by molar-refractivity contribution is 0.574. The van der Waals surface area contributed by atoms with Crippen LogP contribution < -0.4 is 5.32 Å². The predicted octanol–water partition coefficient (Wildman–Crippen LogP) is 4.25. The van der Waals surface area contributed by atoms with Gasteiger partial charge in [-0.3, -0.25) is 0 Å². The Hall–Kier alpha value is -1.67. The van der Waals surface area contributed by atoms with Crippen LogP contribution in [-0.4, -0.2) is 7.05 Å². The highest BCUT2D eigenvalue weighted by atomic mass is 19.1. The Morgan fingerprint density at radius 2 is 1.65 bits per heavy atom. The van der Waals surface area contributed by atoms with E-state index in [9.17, 15) is 4.39 Å². The summed E-state index contributed by atoms with van der Waals surface area (Å²) in [5, 5.41) is 3.30. The molecule has 1 nitrogen and oxygen atoms in total. The van der Waals surface area contributed by atoms with Crippen molar-refractivity contribution in [2.75, 3.05) is 7.05 Å². The summed E-state index contributed by atoms with van der Waals surface area (Å²) in [4.78, 5) is 0. The van der Waals surface area contributed by atoms with Gasteiger partial charge in [0.25, 0.3) is 0 Å².